The van der Waals surface area contributed by atoms with Gasteiger partial charge in [0.15, 0.2) is 0 Å². The van der Waals surface area contributed by atoms with Gasteiger partial charge < -0.3 is 0 Å². The van der Waals surface area contributed by atoms with Crippen molar-refractivity contribution in [3.05, 3.63) is 29.8 Å². The Labute approximate surface area is 96.5 Å². The van der Waals surface area contributed by atoms with Crippen molar-refractivity contribution in [3.8, 4) is 0 Å². The minimum atomic E-state index is -3.62. The van der Waals surface area contributed by atoms with Gasteiger partial charge in [-0.2, -0.15) is 0 Å². The van der Waals surface area contributed by atoms with E-state index in [0.29, 0.717) is 0 Å². The molecule has 16 heavy (non-hydrogen) atoms. The van der Waals surface area contributed by atoms with Gasteiger partial charge in [-0.25, -0.2) is 8.42 Å². The van der Waals surface area contributed by atoms with Crippen molar-refractivity contribution >= 4 is 15.7 Å². The van der Waals surface area contributed by atoms with Crippen molar-refractivity contribution in [2.45, 2.75) is 26.2 Å². The van der Waals surface area contributed by atoms with Crippen LogP contribution in [0.25, 0.3) is 0 Å². The van der Waals surface area contributed by atoms with E-state index >= 15 is 0 Å². The second kappa shape index (κ2) is 4.07. The Hall–Kier alpha value is -1.07. The van der Waals surface area contributed by atoms with Crippen molar-refractivity contribution in [1.82, 2.24) is 0 Å². The molecule has 1 aromatic carbocycles. The van der Waals surface area contributed by atoms with Gasteiger partial charge in [0.2, 0.25) is 0 Å². The third kappa shape index (κ3) is 2.96. The highest BCUT2D eigenvalue weighted by Crippen LogP contribution is 2.25. The molecule has 0 fully saturated rings. The number of benzene rings is 1. The lowest BCUT2D eigenvalue weighted by atomic mass is 9.87. The maximum Gasteiger partial charge on any atom is 0.254 e. The molecule has 1 rings (SSSR count). The van der Waals surface area contributed by atoms with Crippen LogP contribution < -0.4 is 4.47 Å². The van der Waals surface area contributed by atoms with Crippen LogP contribution in [0.2, 0.25) is 0 Å². The van der Waals surface area contributed by atoms with Crippen LogP contribution in [0.3, 0.4) is 0 Å². The molecule has 0 unspecified atom stereocenters. The smallest absolute Gasteiger partial charge is 0.254 e. The van der Waals surface area contributed by atoms with E-state index in [4.69, 9.17) is 0 Å². The molecule has 90 valence electrons. The largest absolute Gasteiger partial charge is 0.274 e. The standard InChI is InChI=1S/C11H17NO3S/c1-11(2,3)9-5-7-10(8-6-9)12(13)16(4,14)15/h5-8,13H,1-4H3. The third-order valence-corrected chi connectivity index (χ3v) is 3.11. The van der Waals surface area contributed by atoms with Gasteiger partial charge in [-0.05, 0) is 23.1 Å². The molecule has 0 atom stereocenters. The Balaban J connectivity index is 3.05. The lowest BCUT2D eigenvalue weighted by Crippen LogP contribution is -2.25. The summed E-state index contributed by atoms with van der Waals surface area (Å²) in [6.07, 6.45) is 0.949. The summed E-state index contributed by atoms with van der Waals surface area (Å²) in [7, 11) is -3.62. The van der Waals surface area contributed by atoms with E-state index in [9.17, 15) is 13.6 Å². The lowest BCUT2D eigenvalue weighted by Gasteiger charge is -2.20. The number of nitrogens with zero attached hydrogens (tertiary/aromatic N) is 1. The first-order chi connectivity index (χ1) is 7.12. The molecule has 0 aromatic heterocycles. The minimum Gasteiger partial charge on any atom is -0.274 e. The average Bonchev–Trinajstić information content (AvgIpc) is 2.14. The van der Waals surface area contributed by atoms with Crippen LogP contribution in [0, 0.1) is 0 Å². The lowest BCUT2D eigenvalue weighted by molar-refractivity contribution is 0.317. The quantitative estimate of drug-likeness (QED) is 0.810. The van der Waals surface area contributed by atoms with Gasteiger partial charge in [0.25, 0.3) is 10.0 Å². The van der Waals surface area contributed by atoms with Gasteiger partial charge in [0.05, 0.1) is 11.9 Å². The van der Waals surface area contributed by atoms with Crippen LogP contribution in [-0.4, -0.2) is 19.9 Å². The zero-order valence-electron chi connectivity index (χ0n) is 9.93. The monoisotopic (exact) mass is 243 g/mol. The van der Waals surface area contributed by atoms with Gasteiger partial charge in [0.1, 0.15) is 0 Å². The number of hydrogen-bond acceptors (Lipinski definition) is 3. The first-order valence-electron chi connectivity index (χ1n) is 4.92. The zero-order chi connectivity index (χ0) is 12.6. The SMILES string of the molecule is CC(C)(C)c1ccc(N(O)S(C)(=O)=O)cc1. The molecule has 0 amide bonds. The highest BCUT2D eigenvalue weighted by atomic mass is 32.2. The molecule has 0 radical (unpaired) electrons. The Bertz CT molecular complexity index is 457. The molecule has 0 aliphatic heterocycles. The number of anilines is 1. The molecule has 0 bridgehead atoms. The summed E-state index contributed by atoms with van der Waals surface area (Å²) < 4.78 is 22.5. The fourth-order valence-corrected chi connectivity index (χ4v) is 1.79. The summed E-state index contributed by atoms with van der Waals surface area (Å²) in [5, 5.41) is 9.40. The van der Waals surface area contributed by atoms with Crippen molar-refractivity contribution in [3.63, 3.8) is 0 Å². The van der Waals surface area contributed by atoms with Crippen LogP contribution in [0.5, 0.6) is 0 Å². The number of hydrogen-bond donors (Lipinski definition) is 1. The van der Waals surface area contributed by atoms with Gasteiger partial charge in [0, 0.05) is 0 Å². The molecular formula is C11H17NO3S. The fourth-order valence-electron chi connectivity index (χ4n) is 1.28. The Morgan fingerprint density at radius 2 is 1.56 bits per heavy atom. The van der Waals surface area contributed by atoms with Gasteiger partial charge in [-0.1, -0.05) is 32.9 Å². The average molecular weight is 243 g/mol. The van der Waals surface area contributed by atoms with E-state index in [2.05, 4.69) is 20.8 Å². The normalized spacial score (nSPS) is 12.6. The van der Waals surface area contributed by atoms with E-state index in [1.54, 1.807) is 12.1 Å². The molecule has 1 aromatic rings. The molecule has 0 saturated heterocycles. The van der Waals surface area contributed by atoms with Gasteiger partial charge in [-0.3, -0.25) is 5.21 Å². The molecular weight excluding hydrogens is 226 g/mol. The van der Waals surface area contributed by atoms with E-state index < -0.39 is 10.0 Å². The molecule has 0 aliphatic carbocycles. The first kappa shape index (κ1) is 13.0. The van der Waals surface area contributed by atoms with Crippen LogP contribution in [0.1, 0.15) is 26.3 Å². The first-order valence-corrected chi connectivity index (χ1v) is 6.77. The molecule has 5 heteroatoms. The maximum atomic E-state index is 11.1. The Morgan fingerprint density at radius 3 is 1.88 bits per heavy atom. The summed E-state index contributed by atoms with van der Waals surface area (Å²) in [5.41, 5.74) is 1.33. The Kier molecular flexibility index (Phi) is 3.30. The van der Waals surface area contributed by atoms with E-state index in [1.807, 2.05) is 12.1 Å². The second-order valence-corrected chi connectivity index (χ2v) is 6.61. The van der Waals surface area contributed by atoms with Crippen molar-refractivity contribution in [2.75, 3.05) is 10.7 Å². The van der Waals surface area contributed by atoms with Crippen LogP contribution in [0.15, 0.2) is 24.3 Å². The predicted molar refractivity (Wildman–Crippen MR) is 64.3 cm³/mol. The molecule has 0 spiro atoms. The summed E-state index contributed by atoms with van der Waals surface area (Å²) in [6.45, 7) is 6.19. The van der Waals surface area contributed by atoms with Crippen LogP contribution >= 0.6 is 0 Å². The number of sulfonamides is 1. The predicted octanol–water partition coefficient (Wildman–Crippen LogP) is 2.14. The maximum absolute atomic E-state index is 11.1. The summed E-state index contributed by atoms with van der Waals surface area (Å²) in [5.74, 6) is 0. The van der Waals surface area contributed by atoms with Crippen LogP contribution in [-0.2, 0) is 15.4 Å². The van der Waals surface area contributed by atoms with E-state index in [1.165, 1.54) is 0 Å². The molecule has 0 aliphatic rings. The van der Waals surface area contributed by atoms with Crippen molar-refractivity contribution in [2.24, 2.45) is 0 Å². The van der Waals surface area contributed by atoms with E-state index in [0.717, 1.165) is 11.8 Å². The molecule has 4 nitrogen and oxygen atoms in total. The molecule has 0 heterocycles. The van der Waals surface area contributed by atoms with Crippen LogP contribution in [0.4, 0.5) is 5.69 Å². The topological polar surface area (TPSA) is 57.6 Å². The fraction of sp³-hybridized carbons (Fsp3) is 0.455. The summed E-state index contributed by atoms with van der Waals surface area (Å²) >= 11 is 0. The second-order valence-electron chi connectivity index (χ2n) is 4.80. The van der Waals surface area contributed by atoms with Crippen molar-refractivity contribution < 1.29 is 13.6 Å². The number of rotatable bonds is 2. The van der Waals surface area contributed by atoms with Crippen molar-refractivity contribution in [1.29, 1.82) is 0 Å². The van der Waals surface area contributed by atoms with Gasteiger partial charge in [-0.15, -0.1) is 4.47 Å². The summed E-state index contributed by atoms with van der Waals surface area (Å²) in [6, 6.07) is 6.79. The molecule has 1 N–H and O–H groups in total. The third-order valence-electron chi connectivity index (χ3n) is 2.27. The van der Waals surface area contributed by atoms with E-state index in [-0.39, 0.29) is 15.6 Å². The highest BCUT2D eigenvalue weighted by Gasteiger charge is 2.17. The zero-order valence-corrected chi connectivity index (χ0v) is 10.7. The Morgan fingerprint density at radius 1 is 1.12 bits per heavy atom. The van der Waals surface area contributed by atoms with Gasteiger partial charge >= 0.3 is 0 Å². The summed E-state index contributed by atoms with van der Waals surface area (Å²) in [4.78, 5) is 0. The highest BCUT2D eigenvalue weighted by molar-refractivity contribution is 7.91. The molecule has 0 saturated carbocycles. The minimum absolute atomic E-state index is 0.00387.